The molecule has 0 atom stereocenters. The zero-order valence-corrected chi connectivity index (χ0v) is 20.3. The molecule has 2 amide bonds. The van der Waals surface area contributed by atoms with Gasteiger partial charge in [0, 0.05) is 5.69 Å². The molecule has 0 bridgehead atoms. The maximum absolute atomic E-state index is 13.7. The van der Waals surface area contributed by atoms with Gasteiger partial charge in [-0.1, -0.05) is 50.2 Å². The summed E-state index contributed by atoms with van der Waals surface area (Å²) in [6.45, 7) is 10.7. The highest BCUT2D eigenvalue weighted by atomic mass is 16.5. The number of benzene rings is 3. The molecule has 0 unspecified atom stereocenters. The third-order valence-corrected chi connectivity index (χ3v) is 5.72. The van der Waals surface area contributed by atoms with Crippen molar-refractivity contribution in [1.29, 1.82) is 0 Å². The fourth-order valence-electron chi connectivity index (χ4n) is 3.90. The molecule has 1 aliphatic heterocycles. The second-order valence-electron chi connectivity index (χ2n) is 9.21. The van der Waals surface area contributed by atoms with E-state index in [-0.39, 0.29) is 17.5 Å². The second kappa shape index (κ2) is 9.56. The average molecular weight is 455 g/mol. The Labute approximate surface area is 201 Å². The summed E-state index contributed by atoms with van der Waals surface area (Å²) in [7, 11) is 0. The second-order valence-corrected chi connectivity index (χ2v) is 9.21. The van der Waals surface area contributed by atoms with E-state index in [1.54, 1.807) is 6.07 Å². The van der Waals surface area contributed by atoms with Crippen LogP contribution in [0.2, 0.25) is 0 Å². The van der Waals surface area contributed by atoms with Crippen molar-refractivity contribution in [3.8, 4) is 5.75 Å². The van der Waals surface area contributed by atoms with Crippen LogP contribution in [0.4, 0.5) is 11.4 Å². The predicted octanol–water partition coefficient (Wildman–Crippen LogP) is 6.04. The number of nitrogens with one attached hydrogen (secondary N) is 1. The van der Waals surface area contributed by atoms with E-state index in [4.69, 9.17) is 4.74 Å². The summed E-state index contributed by atoms with van der Waals surface area (Å²) >= 11 is 0. The SMILES string of the molecule is Cc1cccc(N2C(=O)C(Nc3cc(C)ccc3C)=C(c3ccc(OCC(C)C)cc3)C2=O)c1. The Bertz CT molecular complexity index is 1270. The Balaban J connectivity index is 1.77. The fraction of sp³-hybridized carbons (Fsp3) is 0.241. The van der Waals surface area contributed by atoms with Gasteiger partial charge in [-0.15, -0.1) is 0 Å². The Morgan fingerprint density at radius 3 is 2.24 bits per heavy atom. The third kappa shape index (κ3) is 4.74. The van der Waals surface area contributed by atoms with Crippen molar-refractivity contribution in [2.45, 2.75) is 34.6 Å². The normalized spacial score (nSPS) is 13.8. The molecule has 1 aliphatic rings. The molecule has 0 fully saturated rings. The zero-order chi connectivity index (χ0) is 24.4. The molecule has 5 heteroatoms. The largest absolute Gasteiger partial charge is 0.493 e. The molecule has 4 rings (SSSR count). The minimum Gasteiger partial charge on any atom is -0.493 e. The van der Waals surface area contributed by atoms with E-state index < -0.39 is 0 Å². The summed E-state index contributed by atoms with van der Waals surface area (Å²) in [5, 5.41) is 3.28. The Morgan fingerprint density at radius 2 is 1.56 bits per heavy atom. The predicted molar refractivity (Wildman–Crippen MR) is 137 cm³/mol. The van der Waals surface area contributed by atoms with Crippen LogP contribution in [0.15, 0.2) is 72.4 Å². The summed E-state index contributed by atoms with van der Waals surface area (Å²) in [5.74, 6) is 0.424. The van der Waals surface area contributed by atoms with Gasteiger partial charge in [-0.2, -0.15) is 0 Å². The minimum atomic E-state index is -0.369. The number of rotatable bonds is 7. The standard InChI is InChI=1S/C29H30N2O3/c1-18(2)17-34-24-13-11-22(12-14-24)26-27(30-25-16-20(4)9-10-21(25)5)29(33)31(28(26)32)23-8-6-7-19(3)15-23/h6-16,18,30H,17H2,1-5H3. The summed E-state index contributed by atoms with van der Waals surface area (Å²) in [6, 6.07) is 20.8. The van der Waals surface area contributed by atoms with Crippen molar-refractivity contribution < 1.29 is 14.3 Å². The lowest BCUT2D eigenvalue weighted by Crippen LogP contribution is -2.32. The zero-order valence-electron chi connectivity index (χ0n) is 20.3. The first kappa shape index (κ1) is 23.3. The van der Waals surface area contributed by atoms with Crippen LogP contribution >= 0.6 is 0 Å². The molecule has 3 aromatic carbocycles. The van der Waals surface area contributed by atoms with Crippen LogP contribution in [0, 0.1) is 26.7 Å². The molecule has 1 N–H and O–H groups in total. The van der Waals surface area contributed by atoms with Gasteiger partial charge >= 0.3 is 0 Å². The lowest BCUT2D eigenvalue weighted by Gasteiger charge is -2.16. The van der Waals surface area contributed by atoms with E-state index in [9.17, 15) is 9.59 Å². The van der Waals surface area contributed by atoms with Crippen LogP contribution in [0.5, 0.6) is 5.75 Å². The van der Waals surface area contributed by atoms with Gasteiger partial charge in [-0.3, -0.25) is 9.59 Å². The van der Waals surface area contributed by atoms with E-state index in [1.807, 2.05) is 81.4 Å². The molecule has 0 spiro atoms. The number of hydrogen-bond acceptors (Lipinski definition) is 4. The summed E-state index contributed by atoms with van der Waals surface area (Å²) in [5.41, 5.74) is 5.68. The van der Waals surface area contributed by atoms with Gasteiger partial charge in [0.25, 0.3) is 11.8 Å². The van der Waals surface area contributed by atoms with Crippen molar-refractivity contribution in [3.05, 3.63) is 94.7 Å². The number of carbonyl (C=O) groups excluding carboxylic acids is 2. The summed E-state index contributed by atoms with van der Waals surface area (Å²) in [4.78, 5) is 28.5. The molecule has 34 heavy (non-hydrogen) atoms. The highest BCUT2D eigenvalue weighted by molar-refractivity contribution is 6.46. The Kier molecular flexibility index (Phi) is 6.55. The number of anilines is 2. The first-order chi connectivity index (χ1) is 16.2. The highest BCUT2D eigenvalue weighted by Crippen LogP contribution is 2.35. The fourth-order valence-corrected chi connectivity index (χ4v) is 3.90. The van der Waals surface area contributed by atoms with Crippen molar-refractivity contribution in [1.82, 2.24) is 0 Å². The monoisotopic (exact) mass is 454 g/mol. The first-order valence-electron chi connectivity index (χ1n) is 11.5. The van der Waals surface area contributed by atoms with E-state index in [1.165, 1.54) is 4.90 Å². The van der Waals surface area contributed by atoms with Crippen molar-refractivity contribution in [3.63, 3.8) is 0 Å². The van der Waals surface area contributed by atoms with E-state index in [0.717, 1.165) is 28.1 Å². The molecule has 5 nitrogen and oxygen atoms in total. The smallest absolute Gasteiger partial charge is 0.282 e. The molecule has 3 aromatic rings. The third-order valence-electron chi connectivity index (χ3n) is 5.72. The van der Waals surface area contributed by atoms with Crippen molar-refractivity contribution >= 4 is 28.8 Å². The number of amides is 2. The van der Waals surface area contributed by atoms with Crippen LogP contribution in [-0.2, 0) is 9.59 Å². The molecule has 0 aromatic heterocycles. The molecule has 0 saturated heterocycles. The number of hydrogen-bond donors (Lipinski definition) is 1. The summed E-state index contributed by atoms with van der Waals surface area (Å²) < 4.78 is 5.79. The Hall–Kier alpha value is -3.86. The maximum atomic E-state index is 13.7. The molecule has 0 aliphatic carbocycles. The van der Waals surface area contributed by atoms with Crippen LogP contribution < -0.4 is 15.0 Å². The van der Waals surface area contributed by atoms with Gasteiger partial charge in [0.1, 0.15) is 11.4 Å². The van der Waals surface area contributed by atoms with Crippen LogP contribution in [0.25, 0.3) is 5.57 Å². The first-order valence-corrected chi connectivity index (χ1v) is 11.5. The maximum Gasteiger partial charge on any atom is 0.282 e. The molecular formula is C29H30N2O3. The number of aryl methyl sites for hydroxylation is 3. The van der Waals surface area contributed by atoms with Gasteiger partial charge in [0.05, 0.1) is 17.9 Å². The molecule has 0 radical (unpaired) electrons. The number of ether oxygens (including phenoxy) is 1. The Morgan fingerprint density at radius 1 is 0.853 bits per heavy atom. The minimum absolute atomic E-state index is 0.274. The lowest BCUT2D eigenvalue weighted by molar-refractivity contribution is -0.120. The molecule has 174 valence electrons. The van der Waals surface area contributed by atoms with E-state index in [0.29, 0.717) is 29.3 Å². The molecular weight excluding hydrogens is 424 g/mol. The number of nitrogens with zero attached hydrogens (tertiary/aromatic N) is 1. The molecule has 0 saturated carbocycles. The van der Waals surface area contributed by atoms with Gasteiger partial charge in [-0.25, -0.2) is 4.90 Å². The summed E-state index contributed by atoms with van der Waals surface area (Å²) in [6.07, 6.45) is 0. The van der Waals surface area contributed by atoms with Gasteiger partial charge in [0.15, 0.2) is 0 Å². The van der Waals surface area contributed by atoms with E-state index in [2.05, 4.69) is 19.2 Å². The van der Waals surface area contributed by atoms with Crippen LogP contribution in [0.1, 0.15) is 36.1 Å². The lowest BCUT2D eigenvalue weighted by atomic mass is 10.0. The average Bonchev–Trinajstić information content (AvgIpc) is 3.04. The number of carbonyl (C=O) groups is 2. The quantitative estimate of drug-likeness (QED) is 0.442. The van der Waals surface area contributed by atoms with Gasteiger partial charge in [0.2, 0.25) is 0 Å². The van der Waals surface area contributed by atoms with Crippen molar-refractivity contribution in [2.24, 2.45) is 5.92 Å². The van der Waals surface area contributed by atoms with Crippen molar-refractivity contribution in [2.75, 3.05) is 16.8 Å². The molecule has 1 heterocycles. The highest BCUT2D eigenvalue weighted by Gasteiger charge is 2.40. The topological polar surface area (TPSA) is 58.6 Å². The van der Waals surface area contributed by atoms with E-state index >= 15 is 0 Å². The van der Waals surface area contributed by atoms with Crippen LogP contribution in [-0.4, -0.2) is 18.4 Å². The van der Waals surface area contributed by atoms with Gasteiger partial charge in [-0.05, 0) is 79.3 Å². The van der Waals surface area contributed by atoms with Crippen LogP contribution in [0.3, 0.4) is 0 Å². The number of imide groups is 1. The van der Waals surface area contributed by atoms with Gasteiger partial charge < -0.3 is 10.1 Å².